The molecule has 2 heterocycles. The molecule has 0 aromatic carbocycles. The molecule has 1 aliphatic heterocycles. The summed E-state index contributed by atoms with van der Waals surface area (Å²) in [5.74, 6) is 1.16. The molecule has 0 N–H and O–H groups in total. The minimum atomic E-state index is 0.519. The molecule has 0 spiro atoms. The largest absolute Gasteiger partial charge is 0.319 e. The molecule has 1 atom stereocenters. The van der Waals surface area contributed by atoms with Crippen LogP contribution in [0.2, 0.25) is 0 Å². The number of hydrogen-bond donors (Lipinski definition) is 0. The smallest absolute Gasteiger partial charge is 0.149 e. The van der Waals surface area contributed by atoms with Crippen LogP contribution in [0.5, 0.6) is 0 Å². The van der Waals surface area contributed by atoms with E-state index in [2.05, 4.69) is 26.7 Å². The van der Waals surface area contributed by atoms with Crippen molar-refractivity contribution in [2.75, 3.05) is 6.54 Å². The highest BCUT2D eigenvalue weighted by atomic mass is 15.3. The fourth-order valence-corrected chi connectivity index (χ4v) is 3.51. The molecule has 0 amide bonds. The van der Waals surface area contributed by atoms with Crippen LogP contribution in [0.25, 0.3) is 0 Å². The maximum absolute atomic E-state index is 4.31. The molecule has 3 rings (SSSR count). The summed E-state index contributed by atoms with van der Waals surface area (Å²) in [5.41, 5.74) is 0. The molecule has 2 fully saturated rings. The summed E-state index contributed by atoms with van der Waals surface area (Å²) in [7, 11) is 2.06. The summed E-state index contributed by atoms with van der Waals surface area (Å²) < 4.78 is 2.09. The van der Waals surface area contributed by atoms with Crippen LogP contribution in [0.4, 0.5) is 0 Å². The van der Waals surface area contributed by atoms with Gasteiger partial charge in [-0.05, 0) is 32.2 Å². The number of aromatic nitrogens is 3. The highest BCUT2D eigenvalue weighted by Crippen LogP contribution is 2.36. The van der Waals surface area contributed by atoms with Crippen LogP contribution in [0.15, 0.2) is 6.33 Å². The van der Waals surface area contributed by atoms with E-state index in [1.807, 2.05) is 6.33 Å². The number of likely N-dealkylation sites (tertiary alicyclic amines) is 1. The van der Waals surface area contributed by atoms with Gasteiger partial charge in [-0.2, -0.15) is 0 Å². The van der Waals surface area contributed by atoms with Gasteiger partial charge in [0.1, 0.15) is 12.2 Å². The topological polar surface area (TPSA) is 34.0 Å². The zero-order valence-corrected chi connectivity index (χ0v) is 10.7. The average molecular weight is 234 g/mol. The van der Waals surface area contributed by atoms with Crippen molar-refractivity contribution < 1.29 is 0 Å². The first-order chi connectivity index (χ1) is 8.36. The molecule has 4 nitrogen and oxygen atoms in total. The Kier molecular flexibility index (Phi) is 3.14. The van der Waals surface area contributed by atoms with Gasteiger partial charge in [-0.1, -0.05) is 19.3 Å². The van der Waals surface area contributed by atoms with E-state index in [0.717, 1.165) is 11.9 Å². The third-order valence-corrected chi connectivity index (χ3v) is 4.38. The molecule has 17 heavy (non-hydrogen) atoms. The molecular formula is C13H22N4. The van der Waals surface area contributed by atoms with E-state index in [-0.39, 0.29) is 0 Å². The van der Waals surface area contributed by atoms with Crippen molar-refractivity contribution in [3.63, 3.8) is 0 Å². The van der Waals surface area contributed by atoms with Crippen molar-refractivity contribution >= 4 is 0 Å². The predicted molar refractivity (Wildman–Crippen MR) is 66.6 cm³/mol. The van der Waals surface area contributed by atoms with E-state index in [1.165, 1.54) is 51.5 Å². The van der Waals surface area contributed by atoms with Crippen molar-refractivity contribution in [1.82, 2.24) is 19.7 Å². The lowest BCUT2D eigenvalue weighted by atomic mass is 9.93. The first-order valence-electron chi connectivity index (χ1n) is 6.96. The zero-order valence-electron chi connectivity index (χ0n) is 10.7. The van der Waals surface area contributed by atoms with Gasteiger partial charge in [0.25, 0.3) is 0 Å². The summed E-state index contributed by atoms with van der Waals surface area (Å²) in [4.78, 5) is 2.70. The van der Waals surface area contributed by atoms with Crippen molar-refractivity contribution in [3.05, 3.63) is 12.2 Å². The highest BCUT2D eigenvalue weighted by molar-refractivity contribution is 5.00. The molecule has 4 heteroatoms. The summed E-state index contributed by atoms with van der Waals surface area (Å²) in [5, 5.41) is 8.35. The lowest BCUT2D eigenvalue weighted by Crippen LogP contribution is -2.37. The van der Waals surface area contributed by atoms with Crippen LogP contribution in [0.1, 0.15) is 56.8 Å². The van der Waals surface area contributed by atoms with Crippen molar-refractivity contribution in [1.29, 1.82) is 0 Å². The summed E-state index contributed by atoms with van der Waals surface area (Å²) in [6, 6.07) is 1.32. The molecule has 2 aliphatic rings. The quantitative estimate of drug-likeness (QED) is 0.787. The van der Waals surface area contributed by atoms with Gasteiger partial charge in [0.2, 0.25) is 0 Å². The standard InChI is InChI=1S/C13H22N4/c1-16-10-14-15-13(16)12-8-5-9-17(12)11-6-3-2-4-7-11/h10-12H,2-9H2,1H3/t12-/m1/s1. The first kappa shape index (κ1) is 11.2. The minimum absolute atomic E-state index is 0.519. The fourth-order valence-electron chi connectivity index (χ4n) is 3.51. The Morgan fingerprint density at radius 1 is 1.12 bits per heavy atom. The van der Waals surface area contributed by atoms with Gasteiger partial charge in [-0.15, -0.1) is 10.2 Å². The maximum Gasteiger partial charge on any atom is 0.149 e. The summed E-state index contributed by atoms with van der Waals surface area (Å²) in [6.45, 7) is 1.25. The fraction of sp³-hybridized carbons (Fsp3) is 0.846. The van der Waals surface area contributed by atoms with Gasteiger partial charge in [-0.25, -0.2) is 0 Å². The molecule has 0 unspecified atom stereocenters. The van der Waals surface area contributed by atoms with E-state index in [1.54, 1.807) is 0 Å². The van der Waals surface area contributed by atoms with Gasteiger partial charge in [0.15, 0.2) is 0 Å². The highest BCUT2D eigenvalue weighted by Gasteiger charge is 2.34. The van der Waals surface area contributed by atoms with Crippen LogP contribution in [-0.4, -0.2) is 32.3 Å². The normalized spacial score (nSPS) is 27.7. The van der Waals surface area contributed by atoms with Gasteiger partial charge >= 0.3 is 0 Å². The molecule has 1 aromatic heterocycles. The third kappa shape index (κ3) is 2.10. The van der Waals surface area contributed by atoms with Crippen LogP contribution in [0, 0.1) is 0 Å². The Labute approximate surface area is 103 Å². The van der Waals surface area contributed by atoms with Crippen molar-refractivity contribution in [3.8, 4) is 0 Å². The Bertz CT molecular complexity index is 367. The number of rotatable bonds is 2. The van der Waals surface area contributed by atoms with Crippen LogP contribution >= 0.6 is 0 Å². The summed E-state index contributed by atoms with van der Waals surface area (Å²) >= 11 is 0. The van der Waals surface area contributed by atoms with Gasteiger partial charge in [-0.3, -0.25) is 4.90 Å². The Hall–Kier alpha value is -0.900. The van der Waals surface area contributed by atoms with E-state index in [0.29, 0.717) is 6.04 Å². The Morgan fingerprint density at radius 2 is 1.94 bits per heavy atom. The molecule has 0 bridgehead atoms. The molecule has 1 saturated heterocycles. The van der Waals surface area contributed by atoms with Crippen LogP contribution in [-0.2, 0) is 7.05 Å². The van der Waals surface area contributed by atoms with Gasteiger partial charge in [0.05, 0.1) is 6.04 Å². The van der Waals surface area contributed by atoms with Crippen LogP contribution < -0.4 is 0 Å². The second-order valence-electron chi connectivity index (χ2n) is 5.49. The third-order valence-electron chi connectivity index (χ3n) is 4.38. The van der Waals surface area contributed by atoms with Crippen molar-refractivity contribution in [2.24, 2.45) is 7.05 Å². The number of hydrogen-bond acceptors (Lipinski definition) is 3. The van der Waals surface area contributed by atoms with E-state index < -0.39 is 0 Å². The average Bonchev–Trinajstić information content (AvgIpc) is 2.98. The van der Waals surface area contributed by atoms with E-state index in [4.69, 9.17) is 0 Å². The number of nitrogens with zero attached hydrogens (tertiary/aromatic N) is 4. The van der Waals surface area contributed by atoms with E-state index in [9.17, 15) is 0 Å². The monoisotopic (exact) mass is 234 g/mol. The molecule has 0 radical (unpaired) electrons. The molecule has 1 aliphatic carbocycles. The second-order valence-corrected chi connectivity index (χ2v) is 5.49. The van der Waals surface area contributed by atoms with Gasteiger partial charge in [0, 0.05) is 13.1 Å². The second kappa shape index (κ2) is 4.77. The SMILES string of the molecule is Cn1cnnc1[C@H]1CCCN1C1CCCCC1. The number of aryl methyl sites for hydroxylation is 1. The minimum Gasteiger partial charge on any atom is -0.319 e. The van der Waals surface area contributed by atoms with Crippen LogP contribution in [0.3, 0.4) is 0 Å². The molecule has 1 saturated carbocycles. The summed E-state index contributed by atoms with van der Waals surface area (Å²) in [6.07, 6.45) is 11.4. The van der Waals surface area contributed by atoms with Gasteiger partial charge < -0.3 is 4.57 Å². The molecular weight excluding hydrogens is 212 g/mol. The lowest BCUT2D eigenvalue weighted by molar-refractivity contribution is 0.136. The lowest BCUT2D eigenvalue weighted by Gasteiger charge is -2.34. The Morgan fingerprint density at radius 3 is 2.65 bits per heavy atom. The van der Waals surface area contributed by atoms with E-state index >= 15 is 0 Å². The molecule has 1 aromatic rings. The Balaban J connectivity index is 1.77. The maximum atomic E-state index is 4.31. The first-order valence-corrected chi connectivity index (χ1v) is 6.96. The zero-order chi connectivity index (χ0) is 11.7. The van der Waals surface area contributed by atoms with Crippen molar-refractivity contribution in [2.45, 2.75) is 57.0 Å². The predicted octanol–water partition coefficient (Wildman–Crippen LogP) is 2.28. The molecule has 94 valence electrons.